The number of hydrogen-bond donors (Lipinski definition) is 2. The van der Waals surface area contributed by atoms with Gasteiger partial charge in [-0.2, -0.15) is 0 Å². The maximum absolute atomic E-state index is 13.6. The predicted molar refractivity (Wildman–Crippen MR) is 133 cm³/mol. The average molecular weight is 468 g/mol. The highest BCUT2D eigenvalue weighted by Gasteiger charge is 2.31. The van der Waals surface area contributed by atoms with Gasteiger partial charge in [-0.15, -0.1) is 0 Å². The van der Waals surface area contributed by atoms with Crippen LogP contribution in [0.15, 0.2) is 48.5 Å². The zero-order valence-electron chi connectivity index (χ0n) is 20.7. The number of ether oxygens (including phenoxy) is 2. The highest BCUT2D eigenvalue weighted by Crippen LogP contribution is 2.26. The van der Waals surface area contributed by atoms with E-state index in [4.69, 9.17) is 4.74 Å². The van der Waals surface area contributed by atoms with E-state index in [1.165, 1.54) is 12.7 Å². The van der Waals surface area contributed by atoms with Crippen molar-refractivity contribution in [2.24, 2.45) is 11.8 Å². The lowest BCUT2D eigenvalue weighted by Gasteiger charge is -2.32. The molecule has 1 aliphatic heterocycles. The van der Waals surface area contributed by atoms with Crippen LogP contribution in [0.5, 0.6) is 5.75 Å². The molecule has 1 fully saturated rings. The number of amides is 2. The van der Waals surface area contributed by atoms with Crippen LogP contribution in [-0.2, 0) is 17.6 Å². The number of methoxy groups -OCH3 is 2. The van der Waals surface area contributed by atoms with Crippen molar-refractivity contribution in [1.29, 1.82) is 0 Å². The number of rotatable bonds is 10. The molecule has 0 bridgehead atoms. The summed E-state index contributed by atoms with van der Waals surface area (Å²) < 4.78 is 10.1. The molecule has 2 amide bonds. The van der Waals surface area contributed by atoms with Crippen LogP contribution in [0.3, 0.4) is 0 Å². The Bertz CT molecular complexity index is 948. The van der Waals surface area contributed by atoms with E-state index in [1.54, 1.807) is 7.11 Å². The summed E-state index contributed by atoms with van der Waals surface area (Å²) in [6, 6.07) is 16.2. The van der Waals surface area contributed by atoms with Crippen LogP contribution >= 0.6 is 0 Å². The van der Waals surface area contributed by atoms with Crippen LogP contribution in [0.25, 0.3) is 0 Å². The summed E-state index contributed by atoms with van der Waals surface area (Å²) in [6.07, 6.45) is 1.07. The van der Waals surface area contributed by atoms with Crippen LogP contribution in [0.4, 0.5) is 4.79 Å². The maximum atomic E-state index is 13.6. The molecule has 2 unspecified atom stereocenters. The third kappa shape index (κ3) is 6.73. The van der Waals surface area contributed by atoms with Gasteiger partial charge in [-0.25, -0.2) is 4.79 Å². The molecule has 1 aliphatic rings. The molecule has 0 spiro atoms. The van der Waals surface area contributed by atoms with Gasteiger partial charge in [-0.05, 0) is 80.9 Å². The number of nitrogens with one attached hydrogen (secondary N) is 2. The number of carbonyl (C=O) groups excluding carboxylic acids is 2. The number of nitrogens with zero attached hydrogens (tertiary/aromatic N) is 1. The molecule has 3 rings (SSSR count). The molecular formula is C27H37N3O4. The summed E-state index contributed by atoms with van der Waals surface area (Å²) in [4.78, 5) is 26.9. The third-order valence-electron chi connectivity index (χ3n) is 6.51. The van der Waals surface area contributed by atoms with Crippen LogP contribution in [0.2, 0.25) is 0 Å². The molecule has 0 saturated carbocycles. The molecule has 184 valence electrons. The predicted octanol–water partition coefficient (Wildman–Crippen LogP) is 3.52. The molecule has 2 aromatic rings. The van der Waals surface area contributed by atoms with E-state index < -0.39 is 6.09 Å². The van der Waals surface area contributed by atoms with Gasteiger partial charge in [0.25, 0.3) is 5.91 Å². The zero-order valence-corrected chi connectivity index (χ0v) is 20.7. The Morgan fingerprint density at radius 3 is 2.50 bits per heavy atom. The molecule has 7 nitrogen and oxygen atoms in total. The fourth-order valence-corrected chi connectivity index (χ4v) is 4.58. The number of benzene rings is 2. The summed E-state index contributed by atoms with van der Waals surface area (Å²) in [6.45, 7) is 7.13. The van der Waals surface area contributed by atoms with E-state index in [0.29, 0.717) is 42.7 Å². The summed E-state index contributed by atoms with van der Waals surface area (Å²) in [5, 5.41) is 6.20. The number of carbonyl (C=O) groups is 2. The summed E-state index contributed by atoms with van der Waals surface area (Å²) in [5.74, 6) is 1.60. The second-order valence-electron chi connectivity index (χ2n) is 9.11. The SMILES string of the molecule is COC(=O)NCCc1cc(C(=O)N(CC2CNCC2Cc2ccccc2)C(C)C)ccc1OC. The van der Waals surface area contributed by atoms with E-state index in [1.807, 2.05) is 29.2 Å². The molecule has 2 aromatic carbocycles. The van der Waals surface area contributed by atoms with E-state index in [9.17, 15) is 9.59 Å². The first kappa shape index (κ1) is 25.6. The first-order valence-electron chi connectivity index (χ1n) is 12.0. The smallest absolute Gasteiger partial charge is 0.406 e. The van der Waals surface area contributed by atoms with Gasteiger partial charge in [0.2, 0.25) is 0 Å². The van der Waals surface area contributed by atoms with Crippen molar-refractivity contribution in [3.63, 3.8) is 0 Å². The Morgan fingerprint density at radius 1 is 1.09 bits per heavy atom. The van der Waals surface area contributed by atoms with Gasteiger partial charge < -0.3 is 25.0 Å². The Morgan fingerprint density at radius 2 is 1.82 bits per heavy atom. The van der Waals surface area contributed by atoms with E-state index in [-0.39, 0.29) is 11.9 Å². The van der Waals surface area contributed by atoms with Gasteiger partial charge in [0.05, 0.1) is 14.2 Å². The highest BCUT2D eigenvalue weighted by molar-refractivity contribution is 5.94. The molecule has 2 atom stereocenters. The fraction of sp³-hybridized carbons (Fsp3) is 0.481. The van der Waals surface area contributed by atoms with Gasteiger partial charge in [-0.3, -0.25) is 4.79 Å². The Hall–Kier alpha value is -3.06. The lowest BCUT2D eigenvalue weighted by atomic mass is 9.89. The highest BCUT2D eigenvalue weighted by atomic mass is 16.5. The van der Waals surface area contributed by atoms with E-state index in [0.717, 1.165) is 25.1 Å². The van der Waals surface area contributed by atoms with Crippen molar-refractivity contribution in [3.05, 3.63) is 65.2 Å². The lowest BCUT2D eigenvalue weighted by molar-refractivity contribution is 0.0662. The van der Waals surface area contributed by atoms with Crippen molar-refractivity contribution in [2.45, 2.75) is 32.7 Å². The van der Waals surface area contributed by atoms with Crippen LogP contribution in [-0.4, -0.2) is 63.3 Å². The lowest BCUT2D eigenvalue weighted by Crippen LogP contribution is -2.42. The minimum atomic E-state index is -0.479. The third-order valence-corrected chi connectivity index (χ3v) is 6.51. The van der Waals surface area contributed by atoms with Gasteiger partial charge >= 0.3 is 6.09 Å². The first-order valence-corrected chi connectivity index (χ1v) is 12.0. The largest absolute Gasteiger partial charge is 0.496 e. The standard InChI is InChI=1S/C27H37N3O4/c1-19(2)30(18-24-17-28-16-23(24)14-20-8-6-5-7-9-20)26(31)22-10-11-25(33-3)21(15-22)12-13-29-27(32)34-4/h5-11,15,19,23-24,28H,12-14,16-18H2,1-4H3,(H,29,32). The maximum Gasteiger partial charge on any atom is 0.406 e. The van der Waals surface area contributed by atoms with Crippen LogP contribution in [0.1, 0.15) is 35.3 Å². The molecule has 7 heteroatoms. The van der Waals surface area contributed by atoms with Crippen LogP contribution < -0.4 is 15.4 Å². The quantitative estimate of drug-likeness (QED) is 0.559. The van der Waals surface area contributed by atoms with Crippen molar-refractivity contribution in [3.8, 4) is 5.75 Å². The van der Waals surface area contributed by atoms with Crippen molar-refractivity contribution in [1.82, 2.24) is 15.5 Å². The van der Waals surface area contributed by atoms with Gasteiger partial charge in [0.1, 0.15) is 5.75 Å². The van der Waals surface area contributed by atoms with Gasteiger partial charge in [-0.1, -0.05) is 30.3 Å². The first-order chi connectivity index (χ1) is 16.4. The zero-order chi connectivity index (χ0) is 24.5. The Labute approximate surface area is 202 Å². The van der Waals surface area contributed by atoms with Crippen molar-refractivity contribution in [2.75, 3.05) is 40.4 Å². The van der Waals surface area contributed by atoms with Crippen LogP contribution in [0, 0.1) is 11.8 Å². The topological polar surface area (TPSA) is 79.9 Å². The molecule has 0 radical (unpaired) electrons. The second-order valence-corrected chi connectivity index (χ2v) is 9.11. The monoisotopic (exact) mass is 467 g/mol. The number of hydrogen-bond acceptors (Lipinski definition) is 5. The normalized spacial score (nSPS) is 17.4. The molecule has 1 heterocycles. The summed E-state index contributed by atoms with van der Waals surface area (Å²) in [5.41, 5.74) is 2.84. The minimum absolute atomic E-state index is 0.0187. The second kappa shape index (κ2) is 12.4. The molecule has 34 heavy (non-hydrogen) atoms. The van der Waals surface area contributed by atoms with Gasteiger partial charge in [0, 0.05) is 24.7 Å². The Kier molecular flexibility index (Phi) is 9.33. The summed E-state index contributed by atoms with van der Waals surface area (Å²) in [7, 11) is 2.94. The van der Waals surface area contributed by atoms with Crippen molar-refractivity contribution >= 4 is 12.0 Å². The molecule has 2 N–H and O–H groups in total. The Balaban J connectivity index is 1.72. The van der Waals surface area contributed by atoms with Crippen molar-refractivity contribution < 1.29 is 19.1 Å². The summed E-state index contributed by atoms with van der Waals surface area (Å²) >= 11 is 0. The molecule has 1 saturated heterocycles. The molecule has 0 aromatic heterocycles. The van der Waals surface area contributed by atoms with Gasteiger partial charge in [0.15, 0.2) is 0 Å². The fourth-order valence-electron chi connectivity index (χ4n) is 4.58. The average Bonchev–Trinajstić information content (AvgIpc) is 3.28. The molecular weight excluding hydrogens is 430 g/mol. The van der Waals surface area contributed by atoms with E-state index >= 15 is 0 Å². The minimum Gasteiger partial charge on any atom is -0.496 e. The van der Waals surface area contributed by atoms with E-state index in [2.05, 4.69) is 53.5 Å². The number of alkyl carbamates (subject to hydrolysis) is 1. The molecule has 0 aliphatic carbocycles.